The number of hydrogen-bond acceptors (Lipinski definition) is 3. The van der Waals surface area contributed by atoms with Gasteiger partial charge in [0.05, 0.1) is 0 Å². The molecule has 0 radical (unpaired) electrons. The molecule has 2 aromatic rings. The zero-order chi connectivity index (χ0) is 13.9. The first-order valence-corrected chi connectivity index (χ1v) is 6.78. The molecule has 0 saturated heterocycles. The van der Waals surface area contributed by atoms with E-state index in [4.69, 9.17) is 5.73 Å². The van der Waals surface area contributed by atoms with Gasteiger partial charge in [0.25, 0.3) is 0 Å². The highest BCUT2D eigenvalue weighted by Crippen LogP contribution is 2.47. The first-order chi connectivity index (χ1) is 9.78. The summed E-state index contributed by atoms with van der Waals surface area (Å²) in [7, 11) is 0. The minimum absolute atomic E-state index is 0.0524. The van der Waals surface area contributed by atoms with Crippen LogP contribution in [0.3, 0.4) is 0 Å². The van der Waals surface area contributed by atoms with Gasteiger partial charge in [-0.25, -0.2) is 4.98 Å². The van der Waals surface area contributed by atoms with Gasteiger partial charge in [-0.3, -0.25) is 4.79 Å². The molecule has 1 aromatic heterocycles. The topological polar surface area (TPSA) is 68.0 Å². The van der Waals surface area contributed by atoms with Crippen molar-refractivity contribution in [2.45, 2.75) is 18.9 Å². The van der Waals surface area contributed by atoms with Gasteiger partial charge >= 0.3 is 0 Å². The van der Waals surface area contributed by atoms with Crippen molar-refractivity contribution in [1.29, 1.82) is 0 Å². The van der Waals surface area contributed by atoms with Gasteiger partial charge in [-0.15, -0.1) is 0 Å². The van der Waals surface area contributed by atoms with Crippen molar-refractivity contribution >= 4 is 11.7 Å². The Morgan fingerprint density at radius 3 is 2.70 bits per heavy atom. The summed E-state index contributed by atoms with van der Waals surface area (Å²) in [4.78, 5) is 16.2. The van der Waals surface area contributed by atoms with Crippen LogP contribution in [0.1, 0.15) is 23.5 Å². The lowest BCUT2D eigenvalue weighted by Gasteiger charge is -2.04. The zero-order valence-electron chi connectivity index (χ0n) is 11.1. The normalized spacial score (nSPS) is 20.4. The summed E-state index contributed by atoms with van der Waals surface area (Å²) in [5.74, 6) is 1.05. The number of benzene rings is 1. The summed E-state index contributed by atoms with van der Waals surface area (Å²) in [6, 6.07) is 13.7. The van der Waals surface area contributed by atoms with Gasteiger partial charge in [0.1, 0.15) is 5.82 Å². The fraction of sp³-hybridized carbons (Fsp3) is 0.250. The van der Waals surface area contributed by atoms with E-state index in [0.29, 0.717) is 18.3 Å². The van der Waals surface area contributed by atoms with Gasteiger partial charge in [0, 0.05) is 18.7 Å². The summed E-state index contributed by atoms with van der Waals surface area (Å²) < 4.78 is 0. The Bertz CT molecular complexity index is 595. The van der Waals surface area contributed by atoms with Crippen LogP contribution in [-0.2, 0) is 11.3 Å². The van der Waals surface area contributed by atoms with Crippen molar-refractivity contribution in [3.8, 4) is 0 Å². The Kier molecular flexibility index (Phi) is 3.48. The van der Waals surface area contributed by atoms with Gasteiger partial charge in [-0.1, -0.05) is 30.3 Å². The van der Waals surface area contributed by atoms with Crippen molar-refractivity contribution in [3.63, 3.8) is 0 Å². The molecule has 1 saturated carbocycles. The second-order valence-electron chi connectivity index (χ2n) is 5.10. The van der Waals surface area contributed by atoms with Crippen molar-refractivity contribution in [1.82, 2.24) is 4.98 Å². The third-order valence-corrected chi connectivity index (χ3v) is 3.69. The Morgan fingerprint density at radius 2 is 2.05 bits per heavy atom. The summed E-state index contributed by atoms with van der Waals surface area (Å²) in [6.07, 6.45) is 2.58. The number of nitrogens with zero attached hydrogens (tertiary/aromatic N) is 1. The summed E-state index contributed by atoms with van der Waals surface area (Å²) in [5, 5.41) is 2.86. The number of nitrogens with two attached hydrogens (primary N) is 1. The highest BCUT2D eigenvalue weighted by molar-refractivity contribution is 5.94. The van der Waals surface area contributed by atoms with Crippen LogP contribution < -0.4 is 11.1 Å². The van der Waals surface area contributed by atoms with E-state index in [0.717, 1.165) is 12.0 Å². The van der Waals surface area contributed by atoms with E-state index >= 15 is 0 Å². The second-order valence-corrected chi connectivity index (χ2v) is 5.10. The predicted molar refractivity (Wildman–Crippen MR) is 78.0 cm³/mol. The maximum absolute atomic E-state index is 12.1. The molecule has 3 rings (SSSR count). The minimum atomic E-state index is 0.0524. The Morgan fingerprint density at radius 1 is 1.25 bits per heavy atom. The monoisotopic (exact) mass is 267 g/mol. The van der Waals surface area contributed by atoms with Gasteiger partial charge in [0.2, 0.25) is 5.91 Å². The van der Waals surface area contributed by atoms with Crippen LogP contribution in [0.5, 0.6) is 0 Å². The standard InChI is InChI=1S/C16H17N3O/c17-10-11-4-6-12(7-5-11)13-9-14(13)16(20)19-15-3-1-2-8-18-15/h1-8,13-14H,9-10,17H2,(H,18,19,20)/t13-,14+/m0/s1. The van der Waals surface area contributed by atoms with Crippen LogP contribution in [-0.4, -0.2) is 10.9 Å². The number of amides is 1. The van der Waals surface area contributed by atoms with Crippen LogP contribution in [0.2, 0.25) is 0 Å². The van der Waals surface area contributed by atoms with Gasteiger partial charge in [0.15, 0.2) is 0 Å². The quantitative estimate of drug-likeness (QED) is 0.893. The maximum atomic E-state index is 12.1. The van der Waals surface area contributed by atoms with Crippen molar-refractivity contribution in [3.05, 3.63) is 59.8 Å². The highest BCUT2D eigenvalue weighted by atomic mass is 16.2. The lowest BCUT2D eigenvalue weighted by atomic mass is 10.1. The number of aromatic nitrogens is 1. The molecule has 3 N–H and O–H groups in total. The molecule has 1 aliphatic rings. The summed E-state index contributed by atoms with van der Waals surface area (Å²) >= 11 is 0. The fourth-order valence-electron chi connectivity index (χ4n) is 2.41. The SMILES string of the molecule is NCc1ccc([C@@H]2C[C@H]2C(=O)Nc2ccccn2)cc1. The molecule has 1 aromatic carbocycles. The van der Waals surface area contributed by atoms with Crippen LogP contribution in [0, 0.1) is 5.92 Å². The summed E-state index contributed by atoms with van der Waals surface area (Å²) in [6.45, 7) is 0.550. The number of rotatable bonds is 4. The Hall–Kier alpha value is -2.20. The first-order valence-electron chi connectivity index (χ1n) is 6.78. The maximum Gasteiger partial charge on any atom is 0.229 e. The molecule has 1 amide bonds. The summed E-state index contributed by atoms with van der Waals surface area (Å²) in [5.41, 5.74) is 7.91. The van der Waals surface area contributed by atoms with E-state index in [9.17, 15) is 4.79 Å². The van der Waals surface area contributed by atoms with E-state index < -0.39 is 0 Å². The van der Waals surface area contributed by atoms with E-state index in [2.05, 4.69) is 22.4 Å². The first kappa shape index (κ1) is 12.8. The highest BCUT2D eigenvalue weighted by Gasteiger charge is 2.43. The molecule has 0 unspecified atom stereocenters. The number of carbonyl (C=O) groups is 1. The molecule has 102 valence electrons. The molecular weight excluding hydrogens is 250 g/mol. The molecule has 20 heavy (non-hydrogen) atoms. The average molecular weight is 267 g/mol. The number of anilines is 1. The van der Waals surface area contributed by atoms with Crippen molar-refractivity contribution in [2.24, 2.45) is 11.7 Å². The smallest absolute Gasteiger partial charge is 0.229 e. The van der Waals surface area contributed by atoms with Crippen LogP contribution in [0.25, 0.3) is 0 Å². The molecule has 0 spiro atoms. The third-order valence-electron chi connectivity index (χ3n) is 3.69. The zero-order valence-corrected chi connectivity index (χ0v) is 11.1. The lowest BCUT2D eigenvalue weighted by Crippen LogP contribution is -2.15. The van der Waals surface area contributed by atoms with Crippen LogP contribution in [0.15, 0.2) is 48.7 Å². The fourth-order valence-corrected chi connectivity index (χ4v) is 2.41. The van der Waals surface area contributed by atoms with Crippen LogP contribution >= 0.6 is 0 Å². The Balaban J connectivity index is 1.62. The van der Waals surface area contributed by atoms with E-state index in [1.807, 2.05) is 24.3 Å². The van der Waals surface area contributed by atoms with Gasteiger partial charge < -0.3 is 11.1 Å². The third kappa shape index (κ3) is 2.70. The van der Waals surface area contributed by atoms with E-state index in [1.165, 1.54) is 5.56 Å². The van der Waals surface area contributed by atoms with Crippen molar-refractivity contribution < 1.29 is 4.79 Å². The lowest BCUT2D eigenvalue weighted by molar-refractivity contribution is -0.117. The number of carbonyl (C=O) groups excluding carboxylic acids is 1. The van der Waals surface area contributed by atoms with E-state index in [-0.39, 0.29) is 11.8 Å². The van der Waals surface area contributed by atoms with Crippen molar-refractivity contribution in [2.75, 3.05) is 5.32 Å². The molecule has 4 heteroatoms. The number of pyridine rings is 1. The van der Waals surface area contributed by atoms with Gasteiger partial charge in [-0.05, 0) is 35.6 Å². The second kappa shape index (κ2) is 5.43. The Labute approximate surface area is 118 Å². The molecule has 1 aliphatic carbocycles. The molecule has 4 nitrogen and oxygen atoms in total. The molecule has 1 heterocycles. The largest absolute Gasteiger partial charge is 0.326 e. The molecule has 2 atom stereocenters. The predicted octanol–water partition coefficient (Wildman–Crippen LogP) is 2.28. The van der Waals surface area contributed by atoms with Crippen LogP contribution in [0.4, 0.5) is 5.82 Å². The number of hydrogen-bond donors (Lipinski definition) is 2. The molecule has 1 fully saturated rings. The molecule has 0 aliphatic heterocycles. The van der Waals surface area contributed by atoms with Gasteiger partial charge in [-0.2, -0.15) is 0 Å². The molecule has 0 bridgehead atoms. The average Bonchev–Trinajstić information content (AvgIpc) is 3.29. The van der Waals surface area contributed by atoms with E-state index in [1.54, 1.807) is 12.3 Å². The minimum Gasteiger partial charge on any atom is -0.326 e. The number of nitrogens with one attached hydrogen (secondary N) is 1. The molecular formula is C16H17N3O.